The molecule has 142 valence electrons. The second-order valence-corrected chi connectivity index (χ2v) is 7.12. The Morgan fingerprint density at radius 2 is 1.81 bits per heavy atom. The third-order valence-electron chi connectivity index (χ3n) is 4.77. The van der Waals surface area contributed by atoms with Crippen molar-refractivity contribution in [3.63, 3.8) is 0 Å². The summed E-state index contributed by atoms with van der Waals surface area (Å²) in [5.74, 6) is -0.0309. The summed E-state index contributed by atoms with van der Waals surface area (Å²) in [5.41, 5.74) is 2.69. The van der Waals surface area contributed by atoms with Crippen LogP contribution in [0.25, 0.3) is 0 Å². The molecule has 5 nitrogen and oxygen atoms in total. The first kappa shape index (κ1) is 19.1. The van der Waals surface area contributed by atoms with Crippen molar-refractivity contribution in [2.24, 2.45) is 0 Å². The Hall–Kier alpha value is -2.66. The predicted octanol–water partition coefficient (Wildman–Crippen LogP) is 3.97. The van der Waals surface area contributed by atoms with Crippen LogP contribution in [0.15, 0.2) is 48.5 Å². The maximum absolute atomic E-state index is 12.6. The van der Waals surface area contributed by atoms with E-state index in [0.29, 0.717) is 29.3 Å². The van der Waals surface area contributed by atoms with Crippen LogP contribution in [-0.2, 0) is 4.74 Å². The molecule has 1 aliphatic rings. The Bertz CT molecular complexity index is 793. The van der Waals surface area contributed by atoms with Crippen LogP contribution >= 0.6 is 0 Å². The van der Waals surface area contributed by atoms with Crippen LogP contribution in [0, 0.1) is 0 Å². The van der Waals surface area contributed by atoms with E-state index in [9.17, 15) is 9.59 Å². The van der Waals surface area contributed by atoms with Gasteiger partial charge in [-0.05, 0) is 48.6 Å². The second-order valence-electron chi connectivity index (χ2n) is 7.12. The third-order valence-corrected chi connectivity index (χ3v) is 4.77. The van der Waals surface area contributed by atoms with Crippen molar-refractivity contribution >= 4 is 17.5 Å². The molecule has 0 aliphatic carbocycles. The zero-order valence-electron chi connectivity index (χ0n) is 15.8. The van der Waals surface area contributed by atoms with E-state index in [1.807, 2.05) is 24.3 Å². The van der Waals surface area contributed by atoms with Crippen LogP contribution in [0.4, 0.5) is 5.69 Å². The van der Waals surface area contributed by atoms with Gasteiger partial charge >= 0.3 is 0 Å². The van der Waals surface area contributed by atoms with E-state index in [-0.39, 0.29) is 17.9 Å². The Morgan fingerprint density at radius 3 is 2.48 bits per heavy atom. The molecular weight excluding hydrogens is 340 g/mol. The minimum atomic E-state index is -0.232. The van der Waals surface area contributed by atoms with Crippen molar-refractivity contribution in [3.05, 3.63) is 65.2 Å². The summed E-state index contributed by atoms with van der Waals surface area (Å²) in [7, 11) is 0. The van der Waals surface area contributed by atoms with E-state index in [1.165, 1.54) is 5.56 Å². The molecule has 2 aromatic carbocycles. The predicted molar refractivity (Wildman–Crippen MR) is 106 cm³/mol. The number of hydrogen-bond acceptors (Lipinski definition) is 3. The number of benzene rings is 2. The molecule has 2 amide bonds. The Balaban J connectivity index is 1.67. The summed E-state index contributed by atoms with van der Waals surface area (Å²) >= 11 is 0. The van der Waals surface area contributed by atoms with E-state index in [1.54, 1.807) is 24.3 Å². The first-order chi connectivity index (χ1) is 13.0. The van der Waals surface area contributed by atoms with Gasteiger partial charge in [-0.2, -0.15) is 0 Å². The first-order valence-electron chi connectivity index (χ1n) is 9.44. The maximum Gasteiger partial charge on any atom is 0.255 e. The van der Waals surface area contributed by atoms with Crippen molar-refractivity contribution in [2.75, 3.05) is 18.5 Å². The topological polar surface area (TPSA) is 67.4 Å². The molecule has 2 aromatic rings. The van der Waals surface area contributed by atoms with Gasteiger partial charge in [-0.3, -0.25) is 9.59 Å². The van der Waals surface area contributed by atoms with Crippen LogP contribution in [-0.4, -0.2) is 31.1 Å². The van der Waals surface area contributed by atoms with E-state index in [0.717, 1.165) is 19.4 Å². The van der Waals surface area contributed by atoms with Gasteiger partial charge in [0.1, 0.15) is 0 Å². The van der Waals surface area contributed by atoms with Gasteiger partial charge in [0, 0.05) is 18.7 Å². The molecule has 1 saturated heterocycles. The van der Waals surface area contributed by atoms with Gasteiger partial charge in [0.15, 0.2) is 0 Å². The monoisotopic (exact) mass is 366 g/mol. The zero-order valence-corrected chi connectivity index (χ0v) is 15.8. The molecule has 0 aromatic heterocycles. The van der Waals surface area contributed by atoms with Gasteiger partial charge in [0.25, 0.3) is 11.8 Å². The summed E-state index contributed by atoms with van der Waals surface area (Å²) in [6.45, 7) is 5.46. The largest absolute Gasteiger partial charge is 0.376 e. The minimum Gasteiger partial charge on any atom is -0.376 e. The van der Waals surface area contributed by atoms with Crippen molar-refractivity contribution in [2.45, 2.75) is 38.7 Å². The Kier molecular flexibility index (Phi) is 6.24. The number of amides is 2. The zero-order chi connectivity index (χ0) is 19.2. The van der Waals surface area contributed by atoms with E-state index in [4.69, 9.17) is 4.74 Å². The number of para-hydroxylation sites is 1. The molecule has 1 atom stereocenters. The van der Waals surface area contributed by atoms with Crippen LogP contribution in [0.2, 0.25) is 0 Å². The Labute approximate surface area is 160 Å². The summed E-state index contributed by atoms with van der Waals surface area (Å²) < 4.78 is 5.53. The van der Waals surface area contributed by atoms with Gasteiger partial charge < -0.3 is 15.4 Å². The smallest absolute Gasteiger partial charge is 0.255 e. The van der Waals surface area contributed by atoms with Gasteiger partial charge in [-0.1, -0.05) is 38.1 Å². The SMILES string of the molecule is CC(C)c1ccc(C(=O)Nc2ccccc2C(=O)NCC2CCCO2)cc1. The molecule has 0 bridgehead atoms. The van der Waals surface area contributed by atoms with Crippen LogP contribution in [0.5, 0.6) is 0 Å². The van der Waals surface area contributed by atoms with E-state index < -0.39 is 0 Å². The molecule has 0 saturated carbocycles. The van der Waals surface area contributed by atoms with Crippen molar-refractivity contribution in [1.29, 1.82) is 0 Å². The van der Waals surface area contributed by atoms with E-state index in [2.05, 4.69) is 24.5 Å². The molecule has 1 unspecified atom stereocenters. The highest BCUT2D eigenvalue weighted by molar-refractivity contribution is 6.09. The summed E-state index contributed by atoms with van der Waals surface area (Å²) in [6.07, 6.45) is 2.07. The normalized spacial score (nSPS) is 16.3. The molecule has 27 heavy (non-hydrogen) atoms. The lowest BCUT2D eigenvalue weighted by molar-refractivity contribution is 0.0858. The molecule has 0 spiro atoms. The number of hydrogen-bond donors (Lipinski definition) is 2. The summed E-state index contributed by atoms with van der Waals surface area (Å²) in [6, 6.07) is 14.6. The molecule has 3 rings (SSSR count). The average molecular weight is 366 g/mol. The van der Waals surface area contributed by atoms with Gasteiger partial charge in [-0.25, -0.2) is 0 Å². The highest BCUT2D eigenvalue weighted by Crippen LogP contribution is 2.19. The summed E-state index contributed by atoms with van der Waals surface area (Å²) in [4.78, 5) is 25.1. The summed E-state index contributed by atoms with van der Waals surface area (Å²) in [5, 5.41) is 5.75. The van der Waals surface area contributed by atoms with Crippen LogP contribution in [0.1, 0.15) is 58.9 Å². The Morgan fingerprint density at radius 1 is 1.07 bits per heavy atom. The number of carbonyl (C=O) groups is 2. The fourth-order valence-electron chi connectivity index (χ4n) is 3.11. The lowest BCUT2D eigenvalue weighted by Crippen LogP contribution is -2.32. The van der Waals surface area contributed by atoms with Crippen molar-refractivity contribution in [3.8, 4) is 0 Å². The van der Waals surface area contributed by atoms with E-state index >= 15 is 0 Å². The molecule has 5 heteroatoms. The molecule has 2 N–H and O–H groups in total. The first-order valence-corrected chi connectivity index (χ1v) is 9.44. The highest BCUT2D eigenvalue weighted by Gasteiger charge is 2.18. The number of nitrogens with one attached hydrogen (secondary N) is 2. The molecule has 1 heterocycles. The molecule has 1 fully saturated rings. The number of carbonyl (C=O) groups excluding carboxylic acids is 2. The van der Waals surface area contributed by atoms with Gasteiger partial charge in [-0.15, -0.1) is 0 Å². The number of rotatable bonds is 6. The fraction of sp³-hybridized carbons (Fsp3) is 0.364. The lowest BCUT2D eigenvalue weighted by Gasteiger charge is -2.14. The van der Waals surface area contributed by atoms with Crippen molar-refractivity contribution in [1.82, 2.24) is 5.32 Å². The van der Waals surface area contributed by atoms with Gasteiger partial charge in [0.05, 0.1) is 17.4 Å². The lowest BCUT2D eigenvalue weighted by atomic mass is 10.0. The quantitative estimate of drug-likeness (QED) is 0.813. The number of anilines is 1. The third kappa shape index (κ3) is 4.95. The van der Waals surface area contributed by atoms with Crippen molar-refractivity contribution < 1.29 is 14.3 Å². The van der Waals surface area contributed by atoms with Crippen LogP contribution in [0.3, 0.4) is 0 Å². The average Bonchev–Trinajstić information content (AvgIpc) is 3.20. The molecule has 1 aliphatic heterocycles. The maximum atomic E-state index is 12.6. The highest BCUT2D eigenvalue weighted by atomic mass is 16.5. The molecular formula is C22H26N2O3. The van der Waals surface area contributed by atoms with Gasteiger partial charge in [0.2, 0.25) is 0 Å². The minimum absolute atomic E-state index is 0.0789. The second kappa shape index (κ2) is 8.82. The van der Waals surface area contributed by atoms with Crippen LogP contribution < -0.4 is 10.6 Å². The fourth-order valence-corrected chi connectivity index (χ4v) is 3.11. The molecule has 0 radical (unpaired) electrons. The number of ether oxygens (including phenoxy) is 1. The standard InChI is InChI=1S/C22H26N2O3/c1-15(2)16-9-11-17(12-10-16)21(25)24-20-8-4-3-7-19(20)22(26)23-14-18-6-5-13-27-18/h3-4,7-12,15,18H,5-6,13-14H2,1-2H3,(H,23,26)(H,24,25).